The van der Waals surface area contributed by atoms with Crippen LogP contribution < -0.4 is 5.32 Å². The van der Waals surface area contributed by atoms with Gasteiger partial charge >= 0.3 is 0 Å². The SMILES string of the molecule is CC(C)(C)c1nsc(Nc2cnn(CC(=O)N3CCOCC3)c2)n1. The lowest BCUT2D eigenvalue weighted by Crippen LogP contribution is -2.42. The maximum Gasteiger partial charge on any atom is 0.244 e. The largest absolute Gasteiger partial charge is 0.378 e. The number of carbonyl (C=O) groups excluding carboxylic acids is 1. The van der Waals surface area contributed by atoms with Crippen LogP contribution in [0.4, 0.5) is 10.8 Å². The summed E-state index contributed by atoms with van der Waals surface area (Å²) >= 11 is 1.32. The topological polar surface area (TPSA) is 85.2 Å². The quantitative estimate of drug-likeness (QED) is 0.902. The lowest BCUT2D eigenvalue weighted by atomic mass is 9.96. The number of rotatable bonds is 4. The summed E-state index contributed by atoms with van der Waals surface area (Å²) in [6.07, 6.45) is 3.49. The van der Waals surface area contributed by atoms with Gasteiger partial charge in [0.1, 0.15) is 12.4 Å². The zero-order valence-electron chi connectivity index (χ0n) is 14.2. The number of ether oxygens (including phenoxy) is 1. The standard InChI is InChI=1S/C15H22N6O2S/c1-15(2,3)13-18-14(24-19-13)17-11-8-16-21(9-11)10-12(22)20-4-6-23-7-5-20/h8-9H,4-7,10H2,1-3H3,(H,17,18,19). The van der Waals surface area contributed by atoms with E-state index in [1.54, 1.807) is 22.0 Å². The van der Waals surface area contributed by atoms with E-state index in [0.717, 1.165) is 16.6 Å². The second kappa shape index (κ2) is 6.86. The summed E-state index contributed by atoms with van der Waals surface area (Å²) in [4.78, 5) is 18.5. The summed E-state index contributed by atoms with van der Waals surface area (Å²) in [6.45, 7) is 8.95. The molecule has 1 saturated heterocycles. The molecule has 1 aliphatic rings. The van der Waals surface area contributed by atoms with Crippen LogP contribution in [-0.2, 0) is 21.5 Å². The Hall–Kier alpha value is -2.00. The van der Waals surface area contributed by atoms with Crippen LogP contribution in [0.5, 0.6) is 0 Å². The molecule has 2 aromatic heterocycles. The fourth-order valence-electron chi connectivity index (χ4n) is 2.27. The molecule has 3 heterocycles. The van der Waals surface area contributed by atoms with Crippen LogP contribution in [0.2, 0.25) is 0 Å². The summed E-state index contributed by atoms with van der Waals surface area (Å²) in [5.41, 5.74) is 0.715. The minimum absolute atomic E-state index is 0.0545. The second-order valence-electron chi connectivity index (χ2n) is 6.72. The first-order chi connectivity index (χ1) is 11.4. The van der Waals surface area contributed by atoms with Gasteiger partial charge in [-0.25, -0.2) is 4.98 Å². The van der Waals surface area contributed by atoms with Gasteiger partial charge in [0.15, 0.2) is 0 Å². The number of morpholine rings is 1. The minimum atomic E-state index is -0.0782. The zero-order valence-corrected chi connectivity index (χ0v) is 15.0. The average Bonchev–Trinajstić information content (AvgIpc) is 3.18. The molecule has 1 amide bonds. The average molecular weight is 350 g/mol. The fraction of sp³-hybridized carbons (Fsp3) is 0.600. The van der Waals surface area contributed by atoms with Crippen LogP contribution in [0.1, 0.15) is 26.6 Å². The van der Waals surface area contributed by atoms with E-state index in [0.29, 0.717) is 26.3 Å². The number of anilines is 2. The summed E-state index contributed by atoms with van der Waals surface area (Å²) in [5.74, 6) is 0.865. The second-order valence-corrected chi connectivity index (χ2v) is 7.47. The third-order valence-corrected chi connectivity index (χ3v) is 4.27. The van der Waals surface area contributed by atoms with E-state index < -0.39 is 0 Å². The molecule has 0 aromatic carbocycles. The molecule has 9 heteroatoms. The molecular weight excluding hydrogens is 328 g/mol. The van der Waals surface area contributed by atoms with Gasteiger partial charge in [0.05, 0.1) is 25.1 Å². The highest BCUT2D eigenvalue weighted by Crippen LogP contribution is 2.24. The van der Waals surface area contributed by atoms with Crippen molar-refractivity contribution in [3.8, 4) is 0 Å². The van der Waals surface area contributed by atoms with E-state index in [9.17, 15) is 4.79 Å². The highest BCUT2D eigenvalue weighted by atomic mass is 32.1. The van der Waals surface area contributed by atoms with Crippen molar-refractivity contribution in [1.29, 1.82) is 0 Å². The van der Waals surface area contributed by atoms with Gasteiger partial charge < -0.3 is 15.0 Å². The summed E-state index contributed by atoms with van der Waals surface area (Å²) in [7, 11) is 0. The highest BCUT2D eigenvalue weighted by molar-refractivity contribution is 7.09. The lowest BCUT2D eigenvalue weighted by Gasteiger charge is -2.26. The van der Waals surface area contributed by atoms with Gasteiger partial charge in [-0.15, -0.1) is 0 Å². The zero-order chi connectivity index (χ0) is 17.2. The molecular formula is C15H22N6O2S. The van der Waals surface area contributed by atoms with Crippen molar-refractivity contribution in [3.05, 3.63) is 18.2 Å². The molecule has 24 heavy (non-hydrogen) atoms. The van der Waals surface area contributed by atoms with Gasteiger partial charge in [-0.05, 0) is 0 Å². The molecule has 1 aliphatic heterocycles. The number of nitrogens with one attached hydrogen (secondary N) is 1. The number of carbonyl (C=O) groups is 1. The molecule has 8 nitrogen and oxygen atoms in total. The van der Waals surface area contributed by atoms with Crippen molar-refractivity contribution in [1.82, 2.24) is 24.0 Å². The Balaban J connectivity index is 1.59. The number of aromatic nitrogens is 4. The predicted octanol–water partition coefficient (Wildman–Crippen LogP) is 1.63. The molecule has 3 rings (SSSR count). The summed E-state index contributed by atoms with van der Waals surface area (Å²) in [5, 5.41) is 8.14. The molecule has 0 radical (unpaired) electrons. The number of amides is 1. The number of hydrogen-bond donors (Lipinski definition) is 1. The van der Waals surface area contributed by atoms with Crippen LogP contribution in [0, 0.1) is 0 Å². The lowest BCUT2D eigenvalue weighted by molar-refractivity contribution is -0.136. The highest BCUT2D eigenvalue weighted by Gasteiger charge is 2.20. The number of nitrogens with zero attached hydrogens (tertiary/aromatic N) is 5. The Kier molecular flexibility index (Phi) is 4.81. The van der Waals surface area contributed by atoms with Crippen LogP contribution in [0.3, 0.4) is 0 Å². The van der Waals surface area contributed by atoms with Gasteiger partial charge in [0.2, 0.25) is 11.0 Å². The molecule has 2 aromatic rings. The van der Waals surface area contributed by atoms with E-state index in [-0.39, 0.29) is 17.9 Å². The summed E-state index contributed by atoms with van der Waals surface area (Å²) in [6, 6.07) is 0. The minimum Gasteiger partial charge on any atom is -0.378 e. The Bertz CT molecular complexity index is 699. The first kappa shape index (κ1) is 16.8. The Morgan fingerprint density at radius 3 is 2.79 bits per heavy atom. The smallest absolute Gasteiger partial charge is 0.244 e. The maximum absolute atomic E-state index is 12.2. The Labute approximate surface area is 145 Å². The van der Waals surface area contributed by atoms with Crippen LogP contribution >= 0.6 is 11.5 Å². The van der Waals surface area contributed by atoms with Crippen molar-refractivity contribution >= 4 is 28.3 Å². The first-order valence-electron chi connectivity index (χ1n) is 7.91. The molecule has 130 valence electrons. The van der Waals surface area contributed by atoms with Crippen molar-refractivity contribution < 1.29 is 9.53 Å². The van der Waals surface area contributed by atoms with Crippen LogP contribution in [-0.4, -0.2) is 56.2 Å². The van der Waals surface area contributed by atoms with E-state index in [1.165, 1.54) is 11.5 Å². The van der Waals surface area contributed by atoms with Crippen LogP contribution in [0.15, 0.2) is 12.4 Å². The first-order valence-corrected chi connectivity index (χ1v) is 8.68. The fourth-order valence-corrected chi connectivity index (χ4v) is 3.05. The third kappa shape index (κ3) is 4.09. The van der Waals surface area contributed by atoms with E-state index in [1.807, 2.05) is 0 Å². The molecule has 0 atom stereocenters. The maximum atomic E-state index is 12.2. The predicted molar refractivity (Wildman–Crippen MR) is 91.5 cm³/mol. The molecule has 1 N–H and O–H groups in total. The van der Waals surface area contributed by atoms with E-state index >= 15 is 0 Å². The Morgan fingerprint density at radius 1 is 1.38 bits per heavy atom. The van der Waals surface area contributed by atoms with Gasteiger partial charge in [0.25, 0.3) is 0 Å². The monoisotopic (exact) mass is 350 g/mol. The molecule has 0 spiro atoms. The van der Waals surface area contributed by atoms with Crippen molar-refractivity contribution in [2.45, 2.75) is 32.7 Å². The van der Waals surface area contributed by atoms with Gasteiger partial charge in [-0.2, -0.15) is 9.47 Å². The van der Waals surface area contributed by atoms with Gasteiger partial charge in [0, 0.05) is 36.2 Å². The third-order valence-electron chi connectivity index (χ3n) is 3.64. The van der Waals surface area contributed by atoms with Crippen molar-refractivity contribution in [2.75, 3.05) is 31.6 Å². The van der Waals surface area contributed by atoms with Gasteiger partial charge in [-0.1, -0.05) is 20.8 Å². The van der Waals surface area contributed by atoms with Crippen LogP contribution in [0.25, 0.3) is 0 Å². The molecule has 0 unspecified atom stereocenters. The summed E-state index contributed by atoms with van der Waals surface area (Å²) < 4.78 is 11.3. The number of hydrogen-bond acceptors (Lipinski definition) is 7. The van der Waals surface area contributed by atoms with Crippen molar-refractivity contribution in [3.63, 3.8) is 0 Å². The normalized spacial score (nSPS) is 15.5. The molecule has 1 fully saturated rings. The van der Waals surface area contributed by atoms with Gasteiger partial charge in [-0.3, -0.25) is 9.48 Å². The van der Waals surface area contributed by atoms with Crippen molar-refractivity contribution in [2.24, 2.45) is 0 Å². The Morgan fingerprint density at radius 2 is 2.12 bits per heavy atom. The molecule has 0 saturated carbocycles. The molecule has 0 aliphatic carbocycles. The van der Waals surface area contributed by atoms with E-state index in [2.05, 4.69) is 40.5 Å². The van der Waals surface area contributed by atoms with E-state index in [4.69, 9.17) is 4.74 Å². The molecule has 0 bridgehead atoms.